The van der Waals surface area contributed by atoms with Crippen molar-refractivity contribution in [1.29, 1.82) is 0 Å². The summed E-state index contributed by atoms with van der Waals surface area (Å²) >= 11 is 0. The predicted molar refractivity (Wildman–Crippen MR) is 96.9 cm³/mol. The number of para-hydroxylation sites is 2. The summed E-state index contributed by atoms with van der Waals surface area (Å²) in [6.07, 6.45) is 1.42. The number of carbonyl (C=O) groups is 2. The van der Waals surface area contributed by atoms with Gasteiger partial charge in [-0.05, 0) is 25.0 Å². The number of carbonyl (C=O) groups excluding carboxylic acids is 2. The number of imidazole rings is 1. The Morgan fingerprint density at radius 3 is 2.65 bits per heavy atom. The highest BCUT2D eigenvalue weighted by Gasteiger charge is 2.27. The molecule has 2 aromatic rings. The standard InChI is InChI=1S/C18H24N4O4/c1-20(17(24)12-26-2)11-16(23)21-9-7-13(8-10-21)22-15-6-4-3-5-14(15)19-18(22)25/h3-6,13H,7-12H2,1-2H3,(H,19,25). The van der Waals surface area contributed by atoms with E-state index in [1.54, 1.807) is 16.5 Å². The van der Waals surface area contributed by atoms with E-state index in [2.05, 4.69) is 4.98 Å². The van der Waals surface area contributed by atoms with Crippen molar-refractivity contribution >= 4 is 22.8 Å². The number of aromatic nitrogens is 2. The zero-order chi connectivity index (χ0) is 18.7. The van der Waals surface area contributed by atoms with Crippen molar-refractivity contribution < 1.29 is 14.3 Å². The van der Waals surface area contributed by atoms with E-state index in [1.807, 2.05) is 24.3 Å². The topological polar surface area (TPSA) is 87.6 Å². The Kier molecular flexibility index (Phi) is 5.41. The number of amides is 2. The Balaban J connectivity index is 1.62. The zero-order valence-corrected chi connectivity index (χ0v) is 15.1. The molecule has 1 aliphatic rings. The zero-order valence-electron chi connectivity index (χ0n) is 15.1. The number of fused-ring (bicyclic) bond motifs is 1. The van der Waals surface area contributed by atoms with Crippen LogP contribution in [0.1, 0.15) is 18.9 Å². The molecule has 8 nitrogen and oxygen atoms in total. The van der Waals surface area contributed by atoms with Crippen LogP contribution < -0.4 is 5.69 Å². The van der Waals surface area contributed by atoms with Gasteiger partial charge in [0.05, 0.1) is 17.6 Å². The summed E-state index contributed by atoms with van der Waals surface area (Å²) in [5.74, 6) is -0.303. The van der Waals surface area contributed by atoms with Crippen LogP contribution in [0.4, 0.5) is 0 Å². The van der Waals surface area contributed by atoms with Gasteiger partial charge in [0.25, 0.3) is 0 Å². The molecule has 0 aliphatic carbocycles. The van der Waals surface area contributed by atoms with E-state index in [9.17, 15) is 14.4 Å². The lowest BCUT2D eigenvalue weighted by Crippen LogP contribution is -2.46. The fourth-order valence-electron chi connectivity index (χ4n) is 3.43. The minimum atomic E-state index is -0.221. The molecule has 1 N–H and O–H groups in total. The second-order valence-electron chi connectivity index (χ2n) is 6.61. The van der Waals surface area contributed by atoms with Crippen LogP contribution in [0.15, 0.2) is 29.1 Å². The molecule has 0 spiro atoms. The third-order valence-corrected chi connectivity index (χ3v) is 4.87. The Morgan fingerprint density at radius 1 is 1.27 bits per heavy atom. The Hall–Kier alpha value is -2.61. The average Bonchev–Trinajstić information content (AvgIpc) is 2.97. The number of likely N-dealkylation sites (tertiary alicyclic amines) is 1. The first-order valence-electron chi connectivity index (χ1n) is 8.71. The molecule has 0 unspecified atom stereocenters. The fourth-order valence-corrected chi connectivity index (χ4v) is 3.43. The second kappa shape index (κ2) is 7.74. The first kappa shape index (κ1) is 18.2. The van der Waals surface area contributed by atoms with Gasteiger partial charge in [-0.3, -0.25) is 14.2 Å². The molecular weight excluding hydrogens is 336 g/mol. The van der Waals surface area contributed by atoms with Gasteiger partial charge in [0.15, 0.2) is 0 Å². The van der Waals surface area contributed by atoms with E-state index in [0.29, 0.717) is 25.9 Å². The molecular formula is C18H24N4O4. The van der Waals surface area contributed by atoms with Crippen LogP contribution in [0, 0.1) is 0 Å². The first-order chi connectivity index (χ1) is 12.5. The van der Waals surface area contributed by atoms with Crippen molar-refractivity contribution in [3.05, 3.63) is 34.7 Å². The monoisotopic (exact) mass is 360 g/mol. The number of piperidine rings is 1. The minimum absolute atomic E-state index is 0.0324. The van der Waals surface area contributed by atoms with Gasteiger partial charge in [0, 0.05) is 33.3 Å². The van der Waals surface area contributed by atoms with Crippen molar-refractivity contribution in [3.8, 4) is 0 Å². The van der Waals surface area contributed by atoms with E-state index in [-0.39, 0.29) is 36.7 Å². The Bertz CT molecular complexity index is 848. The largest absolute Gasteiger partial charge is 0.375 e. The van der Waals surface area contributed by atoms with Crippen LogP contribution in [0.25, 0.3) is 11.0 Å². The van der Waals surface area contributed by atoms with Crippen LogP contribution in [-0.4, -0.2) is 71.6 Å². The molecule has 140 valence electrons. The lowest BCUT2D eigenvalue weighted by molar-refractivity contribution is -0.142. The summed E-state index contributed by atoms with van der Waals surface area (Å²) < 4.78 is 6.60. The summed E-state index contributed by atoms with van der Waals surface area (Å²) in [7, 11) is 3.04. The fraction of sp³-hybridized carbons (Fsp3) is 0.500. The summed E-state index contributed by atoms with van der Waals surface area (Å²) in [5, 5.41) is 0. The number of hydrogen-bond donors (Lipinski definition) is 1. The van der Waals surface area contributed by atoms with E-state index in [0.717, 1.165) is 11.0 Å². The Morgan fingerprint density at radius 2 is 1.96 bits per heavy atom. The lowest BCUT2D eigenvalue weighted by Gasteiger charge is -2.33. The van der Waals surface area contributed by atoms with Crippen molar-refractivity contribution in [3.63, 3.8) is 0 Å². The van der Waals surface area contributed by atoms with Gasteiger partial charge in [-0.1, -0.05) is 12.1 Å². The number of ether oxygens (including phenoxy) is 1. The minimum Gasteiger partial charge on any atom is -0.375 e. The predicted octanol–water partition coefficient (Wildman–Crippen LogP) is 0.598. The third-order valence-electron chi connectivity index (χ3n) is 4.87. The number of methoxy groups -OCH3 is 1. The smallest absolute Gasteiger partial charge is 0.326 e. The van der Waals surface area contributed by atoms with Crippen LogP contribution in [0.5, 0.6) is 0 Å². The molecule has 2 amide bonds. The van der Waals surface area contributed by atoms with E-state index in [1.165, 1.54) is 12.0 Å². The van der Waals surface area contributed by atoms with Crippen molar-refractivity contribution in [2.24, 2.45) is 0 Å². The highest BCUT2D eigenvalue weighted by Crippen LogP contribution is 2.24. The molecule has 1 saturated heterocycles. The maximum Gasteiger partial charge on any atom is 0.326 e. The molecule has 26 heavy (non-hydrogen) atoms. The number of benzene rings is 1. The number of hydrogen-bond acceptors (Lipinski definition) is 4. The van der Waals surface area contributed by atoms with Gasteiger partial charge >= 0.3 is 5.69 Å². The van der Waals surface area contributed by atoms with Crippen molar-refractivity contribution in [2.45, 2.75) is 18.9 Å². The molecule has 1 aromatic carbocycles. The van der Waals surface area contributed by atoms with E-state index in [4.69, 9.17) is 4.74 Å². The maximum atomic E-state index is 12.4. The highest BCUT2D eigenvalue weighted by atomic mass is 16.5. The molecule has 0 radical (unpaired) electrons. The number of H-pyrrole nitrogens is 1. The van der Waals surface area contributed by atoms with Gasteiger partial charge in [-0.25, -0.2) is 4.79 Å². The lowest BCUT2D eigenvalue weighted by atomic mass is 10.0. The second-order valence-corrected chi connectivity index (χ2v) is 6.61. The molecule has 2 heterocycles. The first-order valence-corrected chi connectivity index (χ1v) is 8.71. The van der Waals surface area contributed by atoms with Gasteiger partial charge in [-0.15, -0.1) is 0 Å². The molecule has 1 aliphatic heterocycles. The highest BCUT2D eigenvalue weighted by molar-refractivity contribution is 5.85. The van der Waals surface area contributed by atoms with Crippen molar-refractivity contribution in [1.82, 2.24) is 19.4 Å². The van der Waals surface area contributed by atoms with Crippen LogP contribution in [0.2, 0.25) is 0 Å². The molecule has 0 saturated carbocycles. The van der Waals surface area contributed by atoms with Crippen molar-refractivity contribution in [2.75, 3.05) is 40.4 Å². The van der Waals surface area contributed by atoms with Crippen LogP contribution >= 0.6 is 0 Å². The normalized spacial score (nSPS) is 15.4. The van der Waals surface area contributed by atoms with E-state index < -0.39 is 0 Å². The molecule has 1 aromatic heterocycles. The summed E-state index contributed by atoms with van der Waals surface area (Å²) in [4.78, 5) is 42.4. The summed E-state index contributed by atoms with van der Waals surface area (Å²) in [5.41, 5.74) is 1.61. The SMILES string of the molecule is COCC(=O)N(C)CC(=O)N1CCC(n2c(=O)[nH]c3ccccc32)CC1. The average molecular weight is 360 g/mol. The number of likely N-dealkylation sites (N-methyl/N-ethyl adjacent to an activating group) is 1. The molecule has 8 heteroatoms. The number of nitrogens with one attached hydrogen (secondary N) is 1. The third kappa shape index (κ3) is 3.65. The summed E-state index contributed by atoms with van der Waals surface area (Å²) in [6, 6.07) is 7.69. The molecule has 3 rings (SSSR count). The van der Waals surface area contributed by atoms with Crippen LogP contribution in [0.3, 0.4) is 0 Å². The quantitative estimate of drug-likeness (QED) is 0.846. The number of nitrogens with zero attached hydrogens (tertiary/aromatic N) is 3. The van der Waals surface area contributed by atoms with Gasteiger partial charge in [0.2, 0.25) is 11.8 Å². The molecule has 0 atom stereocenters. The van der Waals surface area contributed by atoms with Gasteiger partial charge in [0.1, 0.15) is 6.61 Å². The van der Waals surface area contributed by atoms with Gasteiger partial charge in [-0.2, -0.15) is 0 Å². The van der Waals surface area contributed by atoms with Crippen LogP contribution in [-0.2, 0) is 14.3 Å². The maximum absolute atomic E-state index is 12.4. The molecule has 0 bridgehead atoms. The number of aromatic amines is 1. The summed E-state index contributed by atoms with van der Waals surface area (Å²) in [6.45, 7) is 1.15. The molecule has 1 fully saturated rings. The number of rotatable bonds is 5. The van der Waals surface area contributed by atoms with E-state index >= 15 is 0 Å². The Labute approximate surface area is 151 Å². The van der Waals surface area contributed by atoms with Gasteiger partial charge < -0.3 is 19.5 Å².